The van der Waals surface area contributed by atoms with Crippen LogP contribution in [0.25, 0.3) is 10.9 Å². The van der Waals surface area contributed by atoms with E-state index in [9.17, 15) is 4.79 Å². The fourth-order valence-electron chi connectivity index (χ4n) is 2.45. The zero-order chi connectivity index (χ0) is 14.8. The Morgan fingerprint density at radius 3 is 2.90 bits per heavy atom. The SMILES string of the molecule is CCCc1nn(Cc2cc(C)nc3ccccc23)c(=O)o1. The van der Waals surface area contributed by atoms with Gasteiger partial charge in [0.1, 0.15) is 0 Å². The van der Waals surface area contributed by atoms with E-state index >= 15 is 0 Å². The third kappa shape index (κ3) is 2.72. The fraction of sp³-hybridized carbons (Fsp3) is 0.312. The molecule has 5 heteroatoms. The van der Waals surface area contributed by atoms with Crippen molar-refractivity contribution in [2.24, 2.45) is 0 Å². The van der Waals surface area contributed by atoms with Gasteiger partial charge in [0.25, 0.3) is 0 Å². The van der Waals surface area contributed by atoms with Gasteiger partial charge in [0.2, 0.25) is 5.89 Å². The standard InChI is InChI=1S/C16H17N3O2/c1-3-6-15-18-19(16(20)21-15)10-12-9-11(2)17-14-8-5-4-7-13(12)14/h4-5,7-9H,3,6,10H2,1-2H3. The van der Waals surface area contributed by atoms with Crippen molar-refractivity contribution in [2.75, 3.05) is 0 Å². The lowest BCUT2D eigenvalue weighted by Crippen LogP contribution is -2.17. The number of pyridine rings is 1. The monoisotopic (exact) mass is 283 g/mol. The molecule has 0 bridgehead atoms. The number of hydrogen-bond donors (Lipinski definition) is 0. The van der Waals surface area contributed by atoms with Crippen LogP contribution in [-0.4, -0.2) is 14.8 Å². The van der Waals surface area contributed by atoms with Gasteiger partial charge in [-0.05, 0) is 31.0 Å². The molecule has 0 aliphatic rings. The second-order valence-corrected chi connectivity index (χ2v) is 5.11. The van der Waals surface area contributed by atoms with Crippen molar-refractivity contribution in [2.45, 2.75) is 33.2 Å². The number of benzene rings is 1. The maximum Gasteiger partial charge on any atom is 0.437 e. The first kappa shape index (κ1) is 13.5. The molecule has 3 aromatic rings. The van der Waals surface area contributed by atoms with E-state index in [1.807, 2.05) is 44.2 Å². The van der Waals surface area contributed by atoms with Crippen molar-refractivity contribution < 1.29 is 4.42 Å². The van der Waals surface area contributed by atoms with Crippen LogP contribution in [0.1, 0.15) is 30.5 Å². The van der Waals surface area contributed by atoms with Gasteiger partial charge in [0.15, 0.2) is 0 Å². The van der Waals surface area contributed by atoms with Crippen molar-refractivity contribution in [1.29, 1.82) is 0 Å². The summed E-state index contributed by atoms with van der Waals surface area (Å²) in [4.78, 5) is 16.4. The summed E-state index contributed by atoms with van der Waals surface area (Å²) in [6, 6.07) is 9.90. The van der Waals surface area contributed by atoms with Gasteiger partial charge in [0.05, 0.1) is 12.1 Å². The summed E-state index contributed by atoms with van der Waals surface area (Å²) in [5.74, 6) is 0.0922. The molecule has 2 heterocycles. The lowest BCUT2D eigenvalue weighted by molar-refractivity contribution is 0.448. The maximum atomic E-state index is 11.9. The van der Waals surface area contributed by atoms with Gasteiger partial charge in [-0.25, -0.2) is 4.79 Å². The summed E-state index contributed by atoms with van der Waals surface area (Å²) >= 11 is 0. The van der Waals surface area contributed by atoms with Gasteiger partial charge in [-0.3, -0.25) is 4.98 Å². The number of rotatable bonds is 4. The molecule has 0 aliphatic heterocycles. The smallest absolute Gasteiger partial charge is 0.392 e. The van der Waals surface area contributed by atoms with Crippen LogP contribution in [0.2, 0.25) is 0 Å². The molecule has 21 heavy (non-hydrogen) atoms. The molecule has 5 nitrogen and oxygen atoms in total. The minimum absolute atomic E-state index is 0.399. The van der Waals surface area contributed by atoms with Gasteiger partial charge in [0, 0.05) is 17.5 Å². The van der Waals surface area contributed by atoms with E-state index in [0.717, 1.165) is 28.6 Å². The third-order valence-electron chi connectivity index (χ3n) is 3.36. The van der Waals surface area contributed by atoms with Crippen LogP contribution in [0.3, 0.4) is 0 Å². The first-order valence-electron chi connectivity index (χ1n) is 7.09. The van der Waals surface area contributed by atoms with E-state index in [1.165, 1.54) is 4.68 Å². The fourth-order valence-corrected chi connectivity index (χ4v) is 2.45. The molecule has 1 aromatic carbocycles. The average molecular weight is 283 g/mol. The first-order valence-corrected chi connectivity index (χ1v) is 7.09. The molecule has 0 saturated carbocycles. The Morgan fingerprint density at radius 1 is 1.29 bits per heavy atom. The van der Waals surface area contributed by atoms with Crippen molar-refractivity contribution >= 4 is 10.9 Å². The molecule has 108 valence electrons. The predicted molar refractivity (Wildman–Crippen MR) is 80.3 cm³/mol. The topological polar surface area (TPSA) is 60.9 Å². The van der Waals surface area contributed by atoms with Crippen LogP contribution in [0.15, 0.2) is 39.5 Å². The number of nitrogens with zero attached hydrogens (tertiary/aromatic N) is 3. The summed E-state index contributed by atoms with van der Waals surface area (Å²) in [5, 5.41) is 5.29. The Kier molecular flexibility index (Phi) is 3.56. The van der Waals surface area contributed by atoms with Gasteiger partial charge in [-0.15, -0.1) is 5.10 Å². The Bertz CT molecular complexity index is 833. The van der Waals surface area contributed by atoms with Gasteiger partial charge >= 0.3 is 5.76 Å². The molecule has 0 fully saturated rings. The van der Waals surface area contributed by atoms with E-state index in [4.69, 9.17) is 4.42 Å². The Morgan fingerprint density at radius 2 is 2.10 bits per heavy atom. The lowest BCUT2D eigenvalue weighted by Gasteiger charge is -2.06. The van der Waals surface area contributed by atoms with Crippen LogP contribution < -0.4 is 5.76 Å². The van der Waals surface area contributed by atoms with Crippen LogP contribution >= 0.6 is 0 Å². The lowest BCUT2D eigenvalue weighted by atomic mass is 10.1. The summed E-state index contributed by atoms with van der Waals surface area (Å²) in [6.07, 6.45) is 1.58. The van der Waals surface area contributed by atoms with Crippen LogP contribution in [0.4, 0.5) is 0 Å². The van der Waals surface area contributed by atoms with Crippen molar-refractivity contribution in [3.8, 4) is 0 Å². The number of hydrogen-bond acceptors (Lipinski definition) is 4. The summed E-state index contributed by atoms with van der Waals surface area (Å²) in [7, 11) is 0. The summed E-state index contributed by atoms with van der Waals surface area (Å²) < 4.78 is 6.53. The molecule has 3 rings (SSSR count). The normalized spacial score (nSPS) is 11.1. The molecule has 0 atom stereocenters. The largest absolute Gasteiger partial charge is 0.437 e. The van der Waals surface area contributed by atoms with Crippen LogP contribution in [0.5, 0.6) is 0 Å². The molecule has 2 aromatic heterocycles. The second-order valence-electron chi connectivity index (χ2n) is 5.11. The molecule has 0 spiro atoms. The quantitative estimate of drug-likeness (QED) is 0.738. The van der Waals surface area contributed by atoms with Crippen LogP contribution in [-0.2, 0) is 13.0 Å². The van der Waals surface area contributed by atoms with Gasteiger partial charge in [-0.2, -0.15) is 4.68 Å². The summed E-state index contributed by atoms with van der Waals surface area (Å²) in [6.45, 7) is 4.37. The number of para-hydroxylation sites is 1. The molecule has 0 saturated heterocycles. The van der Waals surface area contributed by atoms with Crippen molar-refractivity contribution in [3.63, 3.8) is 0 Å². The highest BCUT2D eigenvalue weighted by Crippen LogP contribution is 2.18. The molecular formula is C16H17N3O2. The predicted octanol–water partition coefficient (Wildman–Crippen LogP) is 2.69. The Balaban J connectivity index is 2.03. The van der Waals surface area contributed by atoms with E-state index in [-0.39, 0.29) is 0 Å². The number of aromatic nitrogens is 3. The maximum absolute atomic E-state index is 11.9. The molecular weight excluding hydrogens is 266 g/mol. The molecule has 0 radical (unpaired) electrons. The van der Waals surface area contributed by atoms with Crippen molar-refractivity contribution in [3.05, 3.63) is 58.0 Å². The third-order valence-corrected chi connectivity index (χ3v) is 3.36. The highest BCUT2D eigenvalue weighted by atomic mass is 16.4. The Hall–Kier alpha value is -2.43. The highest BCUT2D eigenvalue weighted by molar-refractivity contribution is 5.82. The average Bonchev–Trinajstić information content (AvgIpc) is 2.79. The minimum atomic E-state index is -0.406. The van der Waals surface area contributed by atoms with E-state index < -0.39 is 5.76 Å². The minimum Gasteiger partial charge on any atom is -0.392 e. The molecule has 0 aliphatic carbocycles. The van der Waals surface area contributed by atoms with E-state index in [0.29, 0.717) is 18.9 Å². The van der Waals surface area contributed by atoms with Crippen molar-refractivity contribution in [1.82, 2.24) is 14.8 Å². The highest BCUT2D eigenvalue weighted by Gasteiger charge is 2.10. The zero-order valence-corrected chi connectivity index (χ0v) is 12.2. The molecule has 0 amide bonds. The molecule has 0 N–H and O–H groups in total. The number of aryl methyl sites for hydroxylation is 2. The summed E-state index contributed by atoms with van der Waals surface area (Å²) in [5.41, 5.74) is 2.88. The molecule has 0 unspecified atom stereocenters. The van der Waals surface area contributed by atoms with Crippen LogP contribution in [0, 0.1) is 6.92 Å². The van der Waals surface area contributed by atoms with E-state index in [2.05, 4.69) is 10.1 Å². The zero-order valence-electron chi connectivity index (χ0n) is 12.2. The first-order chi connectivity index (χ1) is 10.2. The second kappa shape index (κ2) is 5.52. The number of fused-ring (bicyclic) bond motifs is 1. The van der Waals surface area contributed by atoms with Gasteiger partial charge in [-0.1, -0.05) is 25.1 Å². The Labute approximate surface area is 122 Å². The van der Waals surface area contributed by atoms with Gasteiger partial charge < -0.3 is 4.42 Å². The van der Waals surface area contributed by atoms with E-state index in [1.54, 1.807) is 0 Å².